The van der Waals surface area contributed by atoms with Crippen molar-refractivity contribution in [1.82, 2.24) is 5.32 Å². The topological polar surface area (TPSA) is 102 Å². The van der Waals surface area contributed by atoms with E-state index in [1.54, 1.807) is 32.0 Å². The number of carboxylic acid groups (broad SMARTS) is 1. The number of hydrogen-bond donors (Lipinski definition) is 3. The summed E-state index contributed by atoms with van der Waals surface area (Å²) in [6.07, 6.45) is 0.639. The average molecular weight is 289 g/mol. The Hall–Kier alpha value is -2.55. The fourth-order valence-electron chi connectivity index (χ4n) is 1.81. The van der Waals surface area contributed by atoms with Gasteiger partial charge in [-0.25, -0.2) is 9.59 Å². The van der Waals surface area contributed by atoms with E-state index in [2.05, 4.69) is 10.6 Å². The minimum Gasteiger partial charge on any atom is -0.480 e. The van der Waals surface area contributed by atoms with Crippen LogP contribution in [0.5, 0.6) is 0 Å². The largest absolute Gasteiger partial charge is 0.480 e. The fourth-order valence-corrected chi connectivity index (χ4v) is 1.81. The molecule has 0 saturated heterocycles. The van der Waals surface area contributed by atoms with Crippen LogP contribution < -0.4 is 10.6 Å². The van der Waals surface area contributed by atoms with Crippen LogP contribution in [0.4, 0.5) is 10.5 Å². The molecule has 0 heterocycles. The van der Waals surface area contributed by atoms with E-state index in [9.17, 15) is 9.59 Å². The van der Waals surface area contributed by atoms with Crippen LogP contribution in [0.3, 0.4) is 0 Å². The van der Waals surface area contributed by atoms with Crippen LogP contribution in [-0.4, -0.2) is 23.1 Å². The average Bonchev–Trinajstić information content (AvgIpc) is 2.46. The zero-order chi connectivity index (χ0) is 16.0. The number of rotatable bonds is 5. The first-order valence-corrected chi connectivity index (χ1v) is 6.70. The molecule has 6 nitrogen and oxygen atoms in total. The molecule has 1 aromatic rings. The number of anilines is 1. The number of nitriles is 1. The Morgan fingerprint density at radius 2 is 2.10 bits per heavy atom. The maximum atomic E-state index is 11.9. The van der Waals surface area contributed by atoms with Gasteiger partial charge in [-0.05, 0) is 30.5 Å². The number of nitrogens with zero attached hydrogens (tertiary/aromatic N) is 1. The normalized spacial score (nSPS) is 12.9. The van der Waals surface area contributed by atoms with Gasteiger partial charge in [-0.3, -0.25) is 0 Å². The monoisotopic (exact) mass is 289 g/mol. The molecule has 0 spiro atoms. The molecule has 2 amide bonds. The molecule has 3 N–H and O–H groups in total. The number of aliphatic carboxylic acids is 1. The smallest absolute Gasteiger partial charge is 0.326 e. The molecule has 0 bridgehead atoms. The van der Waals surface area contributed by atoms with Crippen molar-refractivity contribution >= 4 is 17.7 Å². The molecule has 0 aliphatic carbocycles. The van der Waals surface area contributed by atoms with E-state index < -0.39 is 18.0 Å². The molecule has 2 atom stereocenters. The highest BCUT2D eigenvalue weighted by Crippen LogP contribution is 2.16. The number of carboxylic acids is 1. The Morgan fingerprint density at radius 3 is 2.62 bits per heavy atom. The molecule has 0 saturated carbocycles. The van der Waals surface area contributed by atoms with Gasteiger partial charge in [-0.15, -0.1) is 0 Å². The van der Waals surface area contributed by atoms with Gasteiger partial charge in [-0.1, -0.05) is 26.3 Å². The molecule has 1 rings (SSSR count). The van der Waals surface area contributed by atoms with Crippen molar-refractivity contribution in [1.29, 1.82) is 5.26 Å². The van der Waals surface area contributed by atoms with Crippen LogP contribution in [0.1, 0.15) is 31.4 Å². The summed E-state index contributed by atoms with van der Waals surface area (Å²) in [7, 11) is 0. The van der Waals surface area contributed by atoms with Crippen LogP contribution in [0.15, 0.2) is 18.2 Å². The molecule has 0 radical (unpaired) electrons. The van der Waals surface area contributed by atoms with Gasteiger partial charge in [0.1, 0.15) is 6.04 Å². The number of aryl methyl sites for hydroxylation is 1. The second kappa shape index (κ2) is 7.29. The number of amides is 2. The third-order valence-corrected chi connectivity index (χ3v) is 3.38. The summed E-state index contributed by atoms with van der Waals surface area (Å²) in [5.41, 5.74) is 1.70. The number of hydrogen-bond acceptors (Lipinski definition) is 3. The zero-order valence-corrected chi connectivity index (χ0v) is 12.3. The molecule has 6 heteroatoms. The maximum absolute atomic E-state index is 11.9. The molecule has 0 aliphatic heterocycles. The summed E-state index contributed by atoms with van der Waals surface area (Å²) in [6, 6.07) is 5.36. The number of urea groups is 1. The first kappa shape index (κ1) is 16.5. The molecule has 0 unspecified atom stereocenters. The Labute approximate surface area is 123 Å². The third-order valence-electron chi connectivity index (χ3n) is 3.38. The molecular weight excluding hydrogens is 270 g/mol. The highest BCUT2D eigenvalue weighted by atomic mass is 16.4. The lowest BCUT2D eigenvalue weighted by atomic mass is 9.99. The lowest BCUT2D eigenvalue weighted by Crippen LogP contribution is -2.46. The second-order valence-electron chi connectivity index (χ2n) is 4.94. The third kappa shape index (κ3) is 4.49. The highest BCUT2D eigenvalue weighted by molar-refractivity contribution is 5.93. The van der Waals surface area contributed by atoms with E-state index in [0.717, 1.165) is 5.56 Å². The van der Waals surface area contributed by atoms with Gasteiger partial charge in [0.2, 0.25) is 0 Å². The van der Waals surface area contributed by atoms with Gasteiger partial charge in [0, 0.05) is 5.69 Å². The minimum atomic E-state index is -1.07. The fraction of sp³-hybridized carbons (Fsp3) is 0.400. The molecule has 0 aromatic heterocycles. The van der Waals surface area contributed by atoms with Crippen molar-refractivity contribution in [2.75, 3.05) is 5.32 Å². The lowest BCUT2D eigenvalue weighted by molar-refractivity contribution is -0.140. The van der Waals surface area contributed by atoms with E-state index >= 15 is 0 Å². The van der Waals surface area contributed by atoms with E-state index in [1.807, 2.05) is 13.0 Å². The molecule has 1 aromatic carbocycles. The van der Waals surface area contributed by atoms with Crippen molar-refractivity contribution in [2.24, 2.45) is 5.92 Å². The Bertz CT molecular complexity index is 578. The van der Waals surface area contributed by atoms with Crippen LogP contribution in [-0.2, 0) is 4.79 Å². The summed E-state index contributed by atoms with van der Waals surface area (Å²) in [5.74, 6) is -1.25. The summed E-state index contributed by atoms with van der Waals surface area (Å²) in [6.45, 7) is 5.42. The highest BCUT2D eigenvalue weighted by Gasteiger charge is 2.25. The quantitative estimate of drug-likeness (QED) is 0.774. The summed E-state index contributed by atoms with van der Waals surface area (Å²) < 4.78 is 0. The number of carbonyl (C=O) groups is 2. The zero-order valence-electron chi connectivity index (χ0n) is 12.3. The summed E-state index contributed by atoms with van der Waals surface area (Å²) >= 11 is 0. The first-order valence-electron chi connectivity index (χ1n) is 6.70. The summed E-state index contributed by atoms with van der Waals surface area (Å²) in [5, 5.41) is 23.0. The maximum Gasteiger partial charge on any atom is 0.326 e. The van der Waals surface area contributed by atoms with E-state index in [-0.39, 0.29) is 5.92 Å². The SMILES string of the molecule is CC[C@H](C)[C@H](NC(=O)Nc1cc(C#N)ccc1C)C(=O)O. The summed E-state index contributed by atoms with van der Waals surface area (Å²) in [4.78, 5) is 23.1. The van der Waals surface area contributed by atoms with Gasteiger partial charge in [0.25, 0.3) is 0 Å². The van der Waals surface area contributed by atoms with Crippen molar-refractivity contribution in [3.8, 4) is 6.07 Å². The molecule has 21 heavy (non-hydrogen) atoms. The van der Waals surface area contributed by atoms with Gasteiger partial charge < -0.3 is 15.7 Å². The Balaban J connectivity index is 2.82. The van der Waals surface area contributed by atoms with E-state index in [1.165, 1.54) is 0 Å². The Morgan fingerprint density at radius 1 is 1.43 bits per heavy atom. The van der Waals surface area contributed by atoms with Crippen molar-refractivity contribution in [3.63, 3.8) is 0 Å². The van der Waals surface area contributed by atoms with Crippen molar-refractivity contribution < 1.29 is 14.7 Å². The number of carbonyl (C=O) groups excluding carboxylic acids is 1. The van der Waals surface area contributed by atoms with Crippen molar-refractivity contribution in [2.45, 2.75) is 33.2 Å². The van der Waals surface area contributed by atoms with Crippen LogP contribution in [0, 0.1) is 24.2 Å². The molecular formula is C15H19N3O3. The van der Waals surface area contributed by atoms with Gasteiger partial charge in [0.15, 0.2) is 0 Å². The first-order chi connectivity index (χ1) is 9.88. The lowest BCUT2D eigenvalue weighted by Gasteiger charge is -2.20. The van der Waals surface area contributed by atoms with Gasteiger partial charge in [-0.2, -0.15) is 5.26 Å². The predicted molar refractivity (Wildman–Crippen MR) is 78.9 cm³/mol. The Kier molecular flexibility index (Phi) is 5.73. The van der Waals surface area contributed by atoms with Crippen LogP contribution >= 0.6 is 0 Å². The van der Waals surface area contributed by atoms with Crippen molar-refractivity contribution in [3.05, 3.63) is 29.3 Å². The second-order valence-corrected chi connectivity index (χ2v) is 4.94. The van der Waals surface area contributed by atoms with Gasteiger partial charge in [0.05, 0.1) is 11.6 Å². The standard InChI is InChI=1S/C15H19N3O3/c1-4-9(2)13(14(19)20)18-15(21)17-12-7-11(8-16)6-5-10(12)3/h5-7,9,13H,4H2,1-3H3,(H,19,20)(H2,17,18,21)/t9-,13-/m0/s1. The molecule has 0 aliphatic rings. The van der Waals surface area contributed by atoms with Gasteiger partial charge >= 0.3 is 12.0 Å². The van der Waals surface area contributed by atoms with Crippen LogP contribution in [0.2, 0.25) is 0 Å². The molecule has 112 valence electrons. The van der Waals surface area contributed by atoms with E-state index in [4.69, 9.17) is 10.4 Å². The predicted octanol–water partition coefficient (Wildman–Crippen LogP) is 2.49. The molecule has 0 fully saturated rings. The minimum absolute atomic E-state index is 0.181. The van der Waals surface area contributed by atoms with Crippen LogP contribution in [0.25, 0.3) is 0 Å². The number of nitrogens with one attached hydrogen (secondary N) is 2. The van der Waals surface area contributed by atoms with E-state index in [0.29, 0.717) is 17.7 Å². The number of benzene rings is 1.